The zero-order chi connectivity index (χ0) is 20.6. The third-order valence-corrected chi connectivity index (χ3v) is 7.77. The molecule has 2 heterocycles. The Bertz CT molecular complexity index is 1180. The number of aromatic amines is 1. The molecule has 0 saturated carbocycles. The molecule has 152 valence electrons. The lowest BCUT2D eigenvalue weighted by atomic mass is 10.2. The van der Waals surface area contributed by atoms with Gasteiger partial charge in [0.1, 0.15) is 5.69 Å². The molecule has 0 aliphatic carbocycles. The highest BCUT2D eigenvalue weighted by Gasteiger charge is 2.28. The van der Waals surface area contributed by atoms with E-state index in [2.05, 4.69) is 26.2 Å². The predicted molar refractivity (Wildman–Crippen MR) is 115 cm³/mol. The first-order chi connectivity index (χ1) is 13.9. The smallest absolute Gasteiger partial charge is 0.273 e. The van der Waals surface area contributed by atoms with E-state index in [0.717, 1.165) is 10.9 Å². The normalized spacial score (nSPS) is 15.5. The number of aromatic nitrogens is 1. The molecule has 0 spiro atoms. The van der Waals surface area contributed by atoms with E-state index in [1.165, 1.54) is 10.4 Å². The Morgan fingerprint density at radius 1 is 1.17 bits per heavy atom. The van der Waals surface area contributed by atoms with Gasteiger partial charge in [-0.3, -0.25) is 4.79 Å². The maximum Gasteiger partial charge on any atom is 0.273 e. The number of carbonyl (C=O) groups excluding carboxylic acids is 1. The van der Waals surface area contributed by atoms with Gasteiger partial charge in [0.15, 0.2) is 0 Å². The van der Waals surface area contributed by atoms with Crippen LogP contribution in [0.25, 0.3) is 10.9 Å². The number of halogens is 1. The molecule has 0 bridgehead atoms. The number of para-hydroxylation sites is 1. The van der Waals surface area contributed by atoms with Gasteiger partial charge in [0.2, 0.25) is 10.0 Å². The Morgan fingerprint density at radius 3 is 2.62 bits per heavy atom. The van der Waals surface area contributed by atoms with Crippen molar-refractivity contribution in [2.75, 3.05) is 31.6 Å². The summed E-state index contributed by atoms with van der Waals surface area (Å²) in [5, 5.41) is 3.69. The number of aryl methyl sites for hydroxylation is 1. The molecule has 1 aromatic heterocycles. The highest BCUT2D eigenvalue weighted by Crippen LogP contribution is 2.29. The van der Waals surface area contributed by atoms with Crippen molar-refractivity contribution in [3.05, 3.63) is 58.2 Å². The van der Waals surface area contributed by atoms with Gasteiger partial charge in [-0.05, 0) is 46.6 Å². The van der Waals surface area contributed by atoms with E-state index in [0.29, 0.717) is 47.7 Å². The highest BCUT2D eigenvalue weighted by molar-refractivity contribution is 9.10. The van der Waals surface area contributed by atoms with Crippen LogP contribution in [0.4, 0.5) is 5.69 Å². The van der Waals surface area contributed by atoms with E-state index in [9.17, 15) is 13.2 Å². The van der Waals surface area contributed by atoms with Gasteiger partial charge >= 0.3 is 0 Å². The van der Waals surface area contributed by atoms with Crippen LogP contribution in [0.5, 0.6) is 0 Å². The van der Waals surface area contributed by atoms with E-state index in [4.69, 9.17) is 4.74 Å². The van der Waals surface area contributed by atoms with Gasteiger partial charge in [-0.1, -0.05) is 24.3 Å². The summed E-state index contributed by atoms with van der Waals surface area (Å²) in [6, 6.07) is 12.5. The molecule has 1 aliphatic heterocycles. The summed E-state index contributed by atoms with van der Waals surface area (Å²) in [5.41, 5.74) is 2.26. The summed E-state index contributed by atoms with van der Waals surface area (Å²) in [6.07, 6.45) is 0. The first kappa shape index (κ1) is 20.1. The maximum absolute atomic E-state index is 13.0. The molecule has 1 aliphatic rings. The SMILES string of the molecule is Cc1ccc(NC(=O)c2[nH]c3ccccc3c2Br)cc1S(=O)(=O)N1CCOCC1. The van der Waals surface area contributed by atoms with Gasteiger partial charge in [-0.15, -0.1) is 0 Å². The topological polar surface area (TPSA) is 91.5 Å². The highest BCUT2D eigenvalue weighted by atomic mass is 79.9. The zero-order valence-corrected chi connectivity index (χ0v) is 18.1. The Morgan fingerprint density at radius 2 is 1.90 bits per heavy atom. The minimum atomic E-state index is -3.66. The van der Waals surface area contributed by atoms with Gasteiger partial charge in [-0.2, -0.15) is 4.31 Å². The third-order valence-electron chi connectivity index (χ3n) is 4.90. The number of benzene rings is 2. The molecular formula is C20H20BrN3O4S. The number of hydrogen-bond donors (Lipinski definition) is 2. The molecule has 4 rings (SSSR count). The Labute approximate surface area is 177 Å². The molecule has 0 unspecified atom stereocenters. The van der Waals surface area contributed by atoms with Gasteiger partial charge in [0.25, 0.3) is 5.91 Å². The summed E-state index contributed by atoms with van der Waals surface area (Å²) < 4.78 is 33.4. The Kier molecular flexibility index (Phi) is 5.48. The fourth-order valence-electron chi connectivity index (χ4n) is 3.34. The number of hydrogen-bond acceptors (Lipinski definition) is 4. The fraction of sp³-hybridized carbons (Fsp3) is 0.250. The van der Waals surface area contributed by atoms with E-state index in [-0.39, 0.29) is 10.8 Å². The van der Waals surface area contributed by atoms with Crippen LogP contribution in [0.1, 0.15) is 16.1 Å². The van der Waals surface area contributed by atoms with Crippen LogP contribution in [0.2, 0.25) is 0 Å². The summed E-state index contributed by atoms with van der Waals surface area (Å²) in [4.78, 5) is 16.1. The van der Waals surface area contributed by atoms with Crippen LogP contribution < -0.4 is 5.32 Å². The lowest BCUT2D eigenvalue weighted by molar-refractivity contribution is 0.0730. The van der Waals surface area contributed by atoms with Crippen molar-refractivity contribution in [2.45, 2.75) is 11.8 Å². The number of morpholine rings is 1. The van der Waals surface area contributed by atoms with E-state index < -0.39 is 10.0 Å². The van der Waals surface area contributed by atoms with E-state index in [1.54, 1.807) is 19.1 Å². The second-order valence-corrected chi connectivity index (χ2v) is 9.51. The molecule has 9 heteroatoms. The number of nitrogens with zero attached hydrogens (tertiary/aromatic N) is 1. The van der Waals surface area contributed by atoms with Gasteiger partial charge in [0, 0.05) is 29.7 Å². The first-order valence-electron chi connectivity index (χ1n) is 9.14. The molecule has 29 heavy (non-hydrogen) atoms. The van der Waals surface area contributed by atoms with E-state index in [1.807, 2.05) is 24.3 Å². The average molecular weight is 478 g/mol. The number of carbonyl (C=O) groups is 1. The molecule has 1 fully saturated rings. The zero-order valence-electron chi connectivity index (χ0n) is 15.7. The van der Waals surface area contributed by atoms with Crippen LogP contribution in [-0.2, 0) is 14.8 Å². The second kappa shape index (κ2) is 7.91. The Hall–Kier alpha value is -2.20. The maximum atomic E-state index is 13.0. The van der Waals surface area contributed by atoms with Crippen molar-refractivity contribution in [2.24, 2.45) is 0 Å². The van der Waals surface area contributed by atoms with Crippen molar-refractivity contribution < 1.29 is 17.9 Å². The lowest BCUT2D eigenvalue weighted by Gasteiger charge is -2.26. The minimum absolute atomic E-state index is 0.188. The average Bonchev–Trinajstić information content (AvgIpc) is 3.07. The predicted octanol–water partition coefficient (Wildman–Crippen LogP) is 3.51. The third kappa shape index (κ3) is 3.83. The van der Waals surface area contributed by atoms with Crippen LogP contribution in [0, 0.1) is 6.92 Å². The summed E-state index contributed by atoms with van der Waals surface area (Å²) >= 11 is 3.47. The summed E-state index contributed by atoms with van der Waals surface area (Å²) in [7, 11) is -3.66. The number of sulfonamides is 1. The number of rotatable bonds is 4. The van der Waals surface area contributed by atoms with Crippen LogP contribution >= 0.6 is 15.9 Å². The number of H-pyrrole nitrogens is 1. The lowest BCUT2D eigenvalue weighted by Crippen LogP contribution is -2.40. The van der Waals surface area contributed by atoms with Crippen molar-refractivity contribution in [3.63, 3.8) is 0 Å². The number of amides is 1. The van der Waals surface area contributed by atoms with Crippen molar-refractivity contribution in [1.29, 1.82) is 0 Å². The molecule has 0 radical (unpaired) electrons. The molecule has 2 N–H and O–H groups in total. The number of ether oxygens (including phenoxy) is 1. The standard InChI is InChI=1S/C20H20BrN3O4S/c1-13-6-7-14(12-17(13)29(26,27)24-8-10-28-11-9-24)22-20(25)19-18(21)15-4-2-3-5-16(15)23-19/h2-7,12,23H,8-11H2,1H3,(H,22,25). The fourth-order valence-corrected chi connectivity index (χ4v) is 5.62. The van der Waals surface area contributed by atoms with Crippen molar-refractivity contribution in [3.8, 4) is 0 Å². The van der Waals surface area contributed by atoms with Gasteiger partial charge in [-0.25, -0.2) is 8.42 Å². The van der Waals surface area contributed by atoms with Gasteiger partial charge < -0.3 is 15.0 Å². The molecule has 2 aromatic carbocycles. The van der Waals surface area contributed by atoms with Crippen LogP contribution in [0.15, 0.2) is 51.8 Å². The van der Waals surface area contributed by atoms with Crippen LogP contribution in [-0.4, -0.2) is 49.9 Å². The van der Waals surface area contributed by atoms with Crippen molar-refractivity contribution >= 4 is 48.5 Å². The minimum Gasteiger partial charge on any atom is -0.379 e. The van der Waals surface area contributed by atoms with Gasteiger partial charge in [0.05, 0.1) is 22.6 Å². The molecule has 7 nitrogen and oxygen atoms in total. The van der Waals surface area contributed by atoms with Crippen LogP contribution in [0.3, 0.4) is 0 Å². The monoisotopic (exact) mass is 477 g/mol. The largest absolute Gasteiger partial charge is 0.379 e. The molecule has 1 saturated heterocycles. The summed E-state index contributed by atoms with van der Waals surface area (Å²) in [5.74, 6) is -0.355. The summed E-state index contributed by atoms with van der Waals surface area (Å²) in [6.45, 7) is 3.14. The number of anilines is 1. The molecular weight excluding hydrogens is 458 g/mol. The first-order valence-corrected chi connectivity index (χ1v) is 11.4. The second-order valence-electron chi connectivity index (χ2n) is 6.81. The Balaban J connectivity index is 1.63. The number of fused-ring (bicyclic) bond motifs is 1. The van der Waals surface area contributed by atoms with Crippen molar-refractivity contribution in [1.82, 2.24) is 9.29 Å². The quantitative estimate of drug-likeness (QED) is 0.601. The molecule has 0 atom stereocenters. The van der Waals surface area contributed by atoms with E-state index >= 15 is 0 Å². The number of nitrogens with one attached hydrogen (secondary N) is 2. The molecule has 1 amide bonds. The molecule has 3 aromatic rings.